The molecule has 3 heterocycles. The monoisotopic (exact) mass is 340 g/mol. The summed E-state index contributed by atoms with van der Waals surface area (Å²) >= 11 is 6.40. The summed E-state index contributed by atoms with van der Waals surface area (Å²) < 4.78 is 1.89. The SMILES string of the molecule is CCc1nc2c(C)cc(C)c(-c3cc(Cl)c4c(c3)CC(=O)N4)n2n1. The average molecular weight is 341 g/mol. The summed E-state index contributed by atoms with van der Waals surface area (Å²) in [5, 5.41) is 8.01. The van der Waals surface area contributed by atoms with Crippen LogP contribution in [0.5, 0.6) is 0 Å². The smallest absolute Gasteiger partial charge is 0.228 e. The second-order valence-electron chi connectivity index (χ2n) is 6.19. The van der Waals surface area contributed by atoms with Crippen LogP contribution < -0.4 is 5.32 Å². The minimum absolute atomic E-state index is 0.0242. The number of hydrogen-bond donors (Lipinski definition) is 1. The Hall–Kier alpha value is -2.40. The Bertz CT molecular complexity index is 1010. The maximum atomic E-state index is 11.7. The summed E-state index contributed by atoms with van der Waals surface area (Å²) in [7, 11) is 0. The van der Waals surface area contributed by atoms with E-state index in [0.717, 1.165) is 51.5 Å². The molecule has 1 N–H and O–H groups in total. The second kappa shape index (κ2) is 5.31. The van der Waals surface area contributed by atoms with Gasteiger partial charge in [0, 0.05) is 12.0 Å². The molecule has 5 nitrogen and oxygen atoms in total. The first-order valence-corrected chi connectivity index (χ1v) is 8.34. The molecule has 4 rings (SSSR count). The number of nitrogens with zero attached hydrogens (tertiary/aromatic N) is 3. The minimum atomic E-state index is -0.0242. The highest BCUT2D eigenvalue weighted by molar-refractivity contribution is 6.34. The van der Waals surface area contributed by atoms with Gasteiger partial charge in [-0.3, -0.25) is 4.79 Å². The van der Waals surface area contributed by atoms with E-state index in [0.29, 0.717) is 11.4 Å². The Morgan fingerprint density at radius 1 is 1.25 bits per heavy atom. The van der Waals surface area contributed by atoms with Crippen molar-refractivity contribution >= 4 is 28.8 Å². The number of hydrogen-bond acceptors (Lipinski definition) is 3. The first kappa shape index (κ1) is 15.1. The van der Waals surface area contributed by atoms with Crippen LogP contribution in [0.4, 0.5) is 5.69 Å². The second-order valence-corrected chi connectivity index (χ2v) is 6.60. The number of anilines is 1. The number of aromatic nitrogens is 3. The van der Waals surface area contributed by atoms with Crippen molar-refractivity contribution in [1.82, 2.24) is 14.6 Å². The molecule has 0 aliphatic carbocycles. The van der Waals surface area contributed by atoms with Gasteiger partial charge in [0.2, 0.25) is 5.91 Å². The van der Waals surface area contributed by atoms with Gasteiger partial charge in [0.15, 0.2) is 11.5 Å². The Kier molecular flexibility index (Phi) is 3.35. The molecule has 1 aliphatic heterocycles. The molecule has 6 heteroatoms. The molecule has 0 saturated heterocycles. The van der Waals surface area contributed by atoms with E-state index in [1.165, 1.54) is 0 Å². The van der Waals surface area contributed by atoms with Crippen LogP contribution in [0.25, 0.3) is 16.9 Å². The quantitative estimate of drug-likeness (QED) is 0.773. The standard InChI is InChI=1S/C18H17ClN4O/c1-4-14-20-18-10(3)5-9(2)17(23(18)22-14)12-6-11-8-15(24)21-16(11)13(19)7-12/h5-7H,4,8H2,1-3H3,(H,21,24). The summed E-state index contributed by atoms with van der Waals surface area (Å²) in [6.07, 6.45) is 1.14. The van der Waals surface area contributed by atoms with Gasteiger partial charge in [0.25, 0.3) is 0 Å². The first-order valence-electron chi connectivity index (χ1n) is 7.96. The molecular formula is C18H17ClN4O. The molecule has 24 heavy (non-hydrogen) atoms. The number of fused-ring (bicyclic) bond motifs is 2. The number of benzene rings is 1. The Labute approximate surface area is 144 Å². The summed E-state index contributed by atoms with van der Waals surface area (Å²) in [4.78, 5) is 16.3. The summed E-state index contributed by atoms with van der Waals surface area (Å²) in [6, 6.07) is 6.02. The molecule has 1 aromatic carbocycles. The number of carbonyl (C=O) groups excluding carboxylic acids is 1. The van der Waals surface area contributed by atoms with Gasteiger partial charge in [0.05, 0.1) is 22.8 Å². The highest BCUT2D eigenvalue weighted by Gasteiger charge is 2.23. The van der Waals surface area contributed by atoms with Gasteiger partial charge in [-0.15, -0.1) is 0 Å². The summed E-state index contributed by atoms with van der Waals surface area (Å²) in [5.74, 6) is 0.790. The van der Waals surface area contributed by atoms with Gasteiger partial charge in [-0.05, 0) is 42.7 Å². The zero-order valence-corrected chi connectivity index (χ0v) is 14.5. The first-order chi connectivity index (χ1) is 11.5. The third kappa shape index (κ3) is 2.19. The van der Waals surface area contributed by atoms with Gasteiger partial charge in [-0.2, -0.15) is 5.10 Å². The lowest BCUT2D eigenvalue weighted by molar-refractivity contribution is -0.115. The van der Waals surface area contributed by atoms with Crippen LogP contribution >= 0.6 is 11.6 Å². The Morgan fingerprint density at radius 2 is 2.04 bits per heavy atom. The fourth-order valence-electron chi connectivity index (χ4n) is 3.33. The lowest BCUT2D eigenvalue weighted by Gasteiger charge is -2.12. The molecule has 0 atom stereocenters. The zero-order chi connectivity index (χ0) is 17.0. The van der Waals surface area contributed by atoms with Crippen LogP contribution in [0.2, 0.25) is 5.02 Å². The predicted octanol–water partition coefficient (Wildman–Crippen LogP) is 3.72. The lowest BCUT2D eigenvalue weighted by atomic mass is 10.0. The van der Waals surface area contributed by atoms with E-state index in [-0.39, 0.29) is 5.91 Å². The van der Waals surface area contributed by atoms with Gasteiger partial charge in [-0.25, -0.2) is 9.50 Å². The number of amides is 1. The predicted molar refractivity (Wildman–Crippen MR) is 94.6 cm³/mol. The van der Waals surface area contributed by atoms with E-state index in [4.69, 9.17) is 11.6 Å². The van der Waals surface area contributed by atoms with Gasteiger partial charge >= 0.3 is 0 Å². The van der Waals surface area contributed by atoms with Crippen molar-refractivity contribution in [3.8, 4) is 11.3 Å². The third-order valence-electron chi connectivity index (χ3n) is 4.40. The third-order valence-corrected chi connectivity index (χ3v) is 4.70. The van der Waals surface area contributed by atoms with E-state index < -0.39 is 0 Å². The minimum Gasteiger partial charge on any atom is -0.324 e. The Balaban J connectivity index is 2.01. The highest BCUT2D eigenvalue weighted by Crippen LogP contribution is 2.37. The molecule has 1 amide bonds. The molecule has 0 saturated carbocycles. The van der Waals surface area contributed by atoms with Crippen LogP contribution in [-0.2, 0) is 17.6 Å². The molecule has 2 aromatic heterocycles. The number of rotatable bonds is 2. The van der Waals surface area contributed by atoms with Gasteiger partial charge < -0.3 is 5.32 Å². The maximum Gasteiger partial charge on any atom is 0.228 e. The molecule has 0 radical (unpaired) electrons. The fourth-order valence-corrected chi connectivity index (χ4v) is 3.61. The van der Waals surface area contributed by atoms with Crippen molar-refractivity contribution in [3.63, 3.8) is 0 Å². The van der Waals surface area contributed by atoms with Gasteiger partial charge in [0.1, 0.15) is 0 Å². The number of nitrogens with one attached hydrogen (secondary N) is 1. The van der Waals surface area contributed by atoms with E-state index in [1.807, 2.05) is 30.5 Å². The molecular weight excluding hydrogens is 324 g/mol. The number of halogens is 1. The zero-order valence-electron chi connectivity index (χ0n) is 13.8. The molecule has 0 fully saturated rings. The van der Waals surface area contributed by atoms with Crippen LogP contribution in [0.3, 0.4) is 0 Å². The molecule has 0 spiro atoms. The molecule has 1 aliphatic rings. The molecule has 0 bridgehead atoms. The number of pyridine rings is 1. The molecule has 3 aromatic rings. The van der Waals surface area contributed by atoms with Crippen LogP contribution in [0.15, 0.2) is 18.2 Å². The van der Waals surface area contributed by atoms with E-state index in [2.05, 4.69) is 28.4 Å². The van der Waals surface area contributed by atoms with E-state index in [1.54, 1.807) is 0 Å². The summed E-state index contributed by atoms with van der Waals surface area (Å²) in [5.41, 5.74) is 6.61. The fraction of sp³-hybridized carbons (Fsp3) is 0.278. The van der Waals surface area contributed by atoms with Crippen LogP contribution in [0, 0.1) is 13.8 Å². The van der Waals surface area contributed by atoms with E-state index in [9.17, 15) is 4.79 Å². The lowest BCUT2D eigenvalue weighted by Crippen LogP contribution is -2.03. The van der Waals surface area contributed by atoms with Gasteiger partial charge in [-0.1, -0.05) is 24.6 Å². The topological polar surface area (TPSA) is 59.3 Å². The molecule has 0 unspecified atom stereocenters. The average Bonchev–Trinajstić information content (AvgIpc) is 3.10. The summed E-state index contributed by atoms with van der Waals surface area (Å²) in [6.45, 7) is 6.14. The van der Waals surface area contributed by atoms with Crippen LogP contribution in [-0.4, -0.2) is 20.5 Å². The van der Waals surface area contributed by atoms with Crippen molar-refractivity contribution in [1.29, 1.82) is 0 Å². The van der Waals surface area contributed by atoms with E-state index >= 15 is 0 Å². The number of carbonyl (C=O) groups is 1. The van der Waals surface area contributed by atoms with Crippen molar-refractivity contribution in [3.05, 3.63) is 45.7 Å². The van der Waals surface area contributed by atoms with Crippen molar-refractivity contribution in [2.45, 2.75) is 33.6 Å². The normalized spacial score (nSPS) is 13.4. The Morgan fingerprint density at radius 3 is 2.79 bits per heavy atom. The molecule has 122 valence electrons. The van der Waals surface area contributed by atoms with Crippen molar-refractivity contribution in [2.75, 3.05) is 5.32 Å². The number of aryl methyl sites for hydroxylation is 3. The van der Waals surface area contributed by atoms with Crippen molar-refractivity contribution in [2.24, 2.45) is 0 Å². The largest absolute Gasteiger partial charge is 0.324 e. The highest BCUT2D eigenvalue weighted by atomic mass is 35.5. The maximum absolute atomic E-state index is 11.7. The van der Waals surface area contributed by atoms with Crippen molar-refractivity contribution < 1.29 is 4.79 Å². The van der Waals surface area contributed by atoms with Crippen LogP contribution in [0.1, 0.15) is 29.4 Å².